The Morgan fingerprint density at radius 2 is 1.29 bits per heavy atom. The average Bonchev–Trinajstić information content (AvgIpc) is 1.73. The van der Waals surface area contributed by atoms with Gasteiger partial charge in [-0.05, 0) is 0 Å². The Morgan fingerprint density at radius 1 is 1.14 bits per heavy atom. The highest BCUT2D eigenvalue weighted by Gasteiger charge is 2.03. The largest absolute Gasteiger partial charge is 0.662 e. The van der Waals surface area contributed by atoms with Crippen LogP contribution in [0.3, 0.4) is 0 Å². The maximum Gasteiger partial charge on any atom is 0.662 e. The zero-order chi connectivity index (χ0) is 6.28. The molecule has 0 rings (SSSR count). The molecule has 0 atom stereocenters. The molecule has 44 valence electrons. The summed E-state index contributed by atoms with van der Waals surface area (Å²) in [5, 5.41) is 34.0. The molecule has 0 aliphatic carbocycles. The summed E-state index contributed by atoms with van der Waals surface area (Å²) in [6.45, 7) is 0. The van der Waals surface area contributed by atoms with Crippen molar-refractivity contribution in [3.05, 3.63) is 0 Å². The second kappa shape index (κ2) is 9.27. The quantitative estimate of drug-likeness (QED) is 0.160. The van der Waals surface area contributed by atoms with Crippen LogP contribution in [0.2, 0.25) is 0 Å². The van der Waals surface area contributed by atoms with Crippen LogP contribution in [0.4, 0.5) is 0 Å². The Kier molecular flexibility index (Phi) is 13.2. The van der Waals surface area contributed by atoms with Crippen LogP contribution in [-0.2, 0) is 4.81 Å². The third kappa shape index (κ3) is 25.6. The lowest BCUT2D eigenvalue weighted by molar-refractivity contribution is -0.176. The summed E-state index contributed by atoms with van der Waals surface area (Å²) in [5.41, 5.74) is 0. The molecule has 6 nitrogen and oxygen atoms in total. The van der Waals surface area contributed by atoms with Crippen molar-refractivity contribution >= 4 is 7.32 Å². The van der Waals surface area contributed by atoms with Crippen LogP contribution in [0.25, 0.3) is 0 Å². The summed E-state index contributed by atoms with van der Waals surface area (Å²) >= 11 is 0. The van der Waals surface area contributed by atoms with Gasteiger partial charge in [-0.3, -0.25) is 15.8 Å². The molecule has 0 spiro atoms. The van der Waals surface area contributed by atoms with E-state index in [0.717, 1.165) is 0 Å². The highest BCUT2D eigenvalue weighted by molar-refractivity contribution is 6.32. The molecule has 5 N–H and O–H groups in total. The SMILES string of the molecule is OO.OOB(O)O. The van der Waals surface area contributed by atoms with Crippen LogP contribution < -0.4 is 0 Å². The molecule has 0 aliphatic heterocycles. The summed E-state index contributed by atoms with van der Waals surface area (Å²) in [7, 11) is -2.06. The fraction of sp³-hybridized carbons (Fsp3) is 0. The maximum atomic E-state index is 7.44. The van der Waals surface area contributed by atoms with Crippen molar-refractivity contribution in [2.24, 2.45) is 0 Å². The minimum Gasteiger partial charge on any atom is -0.400 e. The van der Waals surface area contributed by atoms with Gasteiger partial charge in [-0.2, -0.15) is 0 Å². The van der Waals surface area contributed by atoms with E-state index in [1.54, 1.807) is 0 Å². The molecule has 0 unspecified atom stereocenters. The van der Waals surface area contributed by atoms with E-state index in [1.807, 2.05) is 0 Å². The fourth-order valence-corrected chi connectivity index (χ4v) is 0. The Balaban J connectivity index is 0. The van der Waals surface area contributed by atoms with Gasteiger partial charge in [0.2, 0.25) is 0 Å². The Morgan fingerprint density at radius 3 is 1.29 bits per heavy atom. The van der Waals surface area contributed by atoms with E-state index < -0.39 is 7.32 Å². The minimum atomic E-state index is -2.06. The molecule has 7 heteroatoms. The highest BCUT2D eigenvalue weighted by Crippen LogP contribution is 1.58. The lowest BCUT2D eigenvalue weighted by Crippen LogP contribution is -2.13. The standard InChI is InChI=1S/BH3O4.H2O2/c2-1(3)5-4;1-2/h2-4H;1-2H. The monoisotopic (exact) mass is 112 g/mol. The molecule has 0 aliphatic rings. The zero-order valence-corrected chi connectivity index (χ0v) is 3.22. The van der Waals surface area contributed by atoms with Crippen LogP contribution in [0.15, 0.2) is 0 Å². The summed E-state index contributed by atoms with van der Waals surface area (Å²) in [4.78, 5) is 2.86. The van der Waals surface area contributed by atoms with Gasteiger partial charge in [0.1, 0.15) is 0 Å². The van der Waals surface area contributed by atoms with Gasteiger partial charge in [0.25, 0.3) is 0 Å². The van der Waals surface area contributed by atoms with E-state index in [1.165, 1.54) is 0 Å². The summed E-state index contributed by atoms with van der Waals surface area (Å²) in [6.07, 6.45) is 0. The first-order chi connectivity index (χ1) is 3.27. The van der Waals surface area contributed by atoms with E-state index >= 15 is 0 Å². The van der Waals surface area contributed by atoms with Crippen LogP contribution in [0, 0.1) is 0 Å². The molecule has 0 amide bonds. The molecule has 0 aromatic carbocycles. The van der Waals surface area contributed by atoms with Gasteiger partial charge in [-0.15, -0.1) is 0 Å². The van der Waals surface area contributed by atoms with Crippen molar-refractivity contribution in [1.29, 1.82) is 0 Å². The van der Waals surface area contributed by atoms with Crippen molar-refractivity contribution in [2.75, 3.05) is 0 Å². The first kappa shape index (κ1) is 9.95. The van der Waals surface area contributed by atoms with Crippen LogP contribution in [-0.4, -0.2) is 33.1 Å². The van der Waals surface area contributed by atoms with Gasteiger partial charge in [-0.25, -0.2) is 4.81 Å². The molecule has 0 saturated carbocycles. The van der Waals surface area contributed by atoms with Gasteiger partial charge in [0, 0.05) is 0 Å². The average molecular weight is 112 g/mol. The molecular formula is H5BO6. The van der Waals surface area contributed by atoms with Crippen molar-refractivity contribution in [3.63, 3.8) is 0 Å². The predicted octanol–water partition coefficient (Wildman–Crippen LogP) is -1.54. The minimum absolute atomic E-state index is 2.06. The molecule has 0 fully saturated rings. The Hall–Kier alpha value is -0.175. The summed E-state index contributed by atoms with van der Waals surface area (Å²) in [5.74, 6) is 0. The van der Waals surface area contributed by atoms with Crippen LogP contribution in [0.5, 0.6) is 0 Å². The Labute approximate surface area is 39.3 Å². The van der Waals surface area contributed by atoms with Crippen LogP contribution in [0.1, 0.15) is 0 Å². The normalized spacial score (nSPS) is 6.43. The predicted molar refractivity (Wildman–Crippen MR) is 19.2 cm³/mol. The van der Waals surface area contributed by atoms with Crippen LogP contribution >= 0.6 is 0 Å². The molecular weight excluding hydrogens is 107 g/mol. The number of hydrogen-bond donors (Lipinski definition) is 5. The summed E-state index contributed by atoms with van der Waals surface area (Å²) in [6, 6.07) is 0. The van der Waals surface area contributed by atoms with Crippen molar-refractivity contribution in [2.45, 2.75) is 0 Å². The first-order valence-corrected chi connectivity index (χ1v) is 1.13. The van der Waals surface area contributed by atoms with Gasteiger partial charge < -0.3 is 10.0 Å². The van der Waals surface area contributed by atoms with Gasteiger partial charge in [0.15, 0.2) is 0 Å². The lowest BCUT2D eigenvalue weighted by atomic mass is 10.3. The molecule has 0 bridgehead atoms. The molecule has 0 heterocycles. The van der Waals surface area contributed by atoms with Gasteiger partial charge in [0.05, 0.1) is 0 Å². The van der Waals surface area contributed by atoms with E-state index in [-0.39, 0.29) is 0 Å². The second-order valence-electron chi connectivity index (χ2n) is 0.432. The van der Waals surface area contributed by atoms with E-state index in [9.17, 15) is 0 Å². The summed E-state index contributed by atoms with van der Waals surface area (Å²) < 4.78 is 0. The molecule has 0 radical (unpaired) electrons. The topological polar surface area (TPSA) is 110 Å². The zero-order valence-electron chi connectivity index (χ0n) is 3.22. The van der Waals surface area contributed by atoms with Crippen molar-refractivity contribution in [1.82, 2.24) is 0 Å². The molecule has 7 heavy (non-hydrogen) atoms. The van der Waals surface area contributed by atoms with E-state index in [4.69, 9.17) is 25.8 Å². The second-order valence-corrected chi connectivity index (χ2v) is 0.432. The fourth-order valence-electron chi connectivity index (χ4n) is 0. The molecule has 0 saturated heterocycles. The third-order valence-electron chi connectivity index (χ3n) is 0.0943. The molecule has 0 aromatic rings. The molecule has 0 aromatic heterocycles. The highest BCUT2D eigenvalue weighted by atomic mass is 17.1. The van der Waals surface area contributed by atoms with E-state index in [0.29, 0.717) is 0 Å². The van der Waals surface area contributed by atoms with E-state index in [2.05, 4.69) is 4.81 Å². The van der Waals surface area contributed by atoms with Crippen molar-refractivity contribution in [3.8, 4) is 0 Å². The van der Waals surface area contributed by atoms with Gasteiger partial charge >= 0.3 is 7.32 Å². The maximum absolute atomic E-state index is 7.44. The smallest absolute Gasteiger partial charge is 0.400 e. The lowest BCUT2D eigenvalue weighted by Gasteiger charge is -1.82. The number of hydrogen-bond acceptors (Lipinski definition) is 6. The third-order valence-corrected chi connectivity index (χ3v) is 0.0943. The number of rotatable bonds is 1. The first-order valence-electron chi connectivity index (χ1n) is 1.13. The van der Waals surface area contributed by atoms with Crippen molar-refractivity contribution < 1.29 is 30.6 Å². The van der Waals surface area contributed by atoms with Gasteiger partial charge in [-0.1, -0.05) is 0 Å². The Bertz CT molecular complexity index is 18.1.